The van der Waals surface area contributed by atoms with Gasteiger partial charge in [-0.15, -0.1) is 0 Å². The largest absolute Gasteiger partial charge is 0.466 e. The summed E-state index contributed by atoms with van der Waals surface area (Å²) < 4.78 is 5.49. The van der Waals surface area contributed by atoms with Crippen molar-refractivity contribution < 1.29 is 24.5 Å². The molecule has 3 N–H and O–H groups in total. The number of amides is 1. The fourth-order valence-electron chi connectivity index (χ4n) is 9.34. The van der Waals surface area contributed by atoms with Crippen LogP contribution in [0.15, 0.2) is 24.3 Å². The molecule has 0 saturated carbocycles. The summed E-state index contributed by atoms with van der Waals surface area (Å²) in [5.74, 6) is -0.0607. The van der Waals surface area contributed by atoms with Crippen LogP contribution in [0.4, 0.5) is 0 Å². The molecule has 6 heteroatoms. The van der Waals surface area contributed by atoms with Crippen molar-refractivity contribution in [2.45, 2.75) is 341 Å². The third kappa shape index (κ3) is 53.5. The molecule has 67 heavy (non-hydrogen) atoms. The molecular formula is C61H117NO5. The summed E-state index contributed by atoms with van der Waals surface area (Å²) in [6.45, 7) is 4.90. The number of rotatable bonds is 56. The number of carbonyl (C=O) groups excluding carboxylic acids is 2. The van der Waals surface area contributed by atoms with Crippen molar-refractivity contribution in [3.63, 3.8) is 0 Å². The third-order valence-electron chi connectivity index (χ3n) is 14.0. The Kier molecular flexibility index (Phi) is 55.5. The Balaban J connectivity index is 3.38. The van der Waals surface area contributed by atoms with E-state index in [1.165, 1.54) is 257 Å². The van der Waals surface area contributed by atoms with E-state index in [-0.39, 0.29) is 18.5 Å². The summed E-state index contributed by atoms with van der Waals surface area (Å²) in [4.78, 5) is 24.5. The summed E-state index contributed by atoms with van der Waals surface area (Å²) in [7, 11) is 0. The second kappa shape index (κ2) is 56.9. The van der Waals surface area contributed by atoms with Crippen LogP contribution in [0, 0.1) is 0 Å². The topological polar surface area (TPSA) is 95.9 Å². The monoisotopic (exact) mass is 944 g/mol. The van der Waals surface area contributed by atoms with Gasteiger partial charge in [-0.2, -0.15) is 0 Å². The highest BCUT2D eigenvalue weighted by Gasteiger charge is 2.18. The van der Waals surface area contributed by atoms with Crippen LogP contribution in [0.5, 0.6) is 0 Å². The van der Waals surface area contributed by atoms with Crippen LogP contribution in [0.1, 0.15) is 328 Å². The number of carbonyl (C=O) groups is 2. The van der Waals surface area contributed by atoms with E-state index in [9.17, 15) is 19.8 Å². The molecule has 0 fully saturated rings. The standard InChI is InChI=1S/C61H117NO5/c1-3-5-7-9-11-13-15-17-18-24-28-31-35-39-43-47-51-55-61(66)67-56-52-48-44-40-36-32-29-26-23-21-19-20-22-25-27-30-34-38-42-46-50-54-60(65)62-58(57-63)59(64)53-49-45-41-37-33-16-14-12-10-8-6-4-2/h17-18,49,53,58-59,63-64H,3-16,19-48,50-52,54-57H2,1-2H3,(H,62,65)/b18-17-,53-49+. The van der Waals surface area contributed by atoms with Gasteiger partial charge in [-0.25, -0.2) is 0 Å². The van der Waals surface area contributed by atoms with E-state index < -0.39 is 12.1 Å². The van der Waals surface area contributed by atoms with E-state index in [2.05, 4.69) is 31.3 Å². The van der Waals surface area contributed by atoms with Gasteiger partial charge in [0.05, 0.1) is 25.4 Å². The summed E-state index contributed by atoms with van der Waals surface area (Å²) in [6.07, 6.45) is 69.2. The van der Waals surface area contributed by atoms with Crippen molar-refractivity contribution >= 4 is 11.9 Å². The molecular weight excluding hydrogens is 827 g/mol. The average molecular weight is 945 g/mol. The first-order valence-electron chi connectivity index (χ1n) is 30.1. The smallest absolute Gasteiger partial charge is 0.305 e. The summed E-state index contributed by atoms with van der Waals surface area (Å²) in [6, 6.07) is -0.627. The molecule has 0 aliphatic heterocycles. The number of hydrogen-bond donors (Lipinski definition) is 3. The lowest BCUT2D eigenvalue weighted by atomic mass is 10.0. The van der Waals surface area contributed by atoms with Gasteiger partial charge in [0.15, 0.2) is 0 Å². The van der Waals surface area contributed by atoms with Crippen LogP contribution in [0.3, 0.4) is 0 Å². The van der Waals surface area contributed by atoms with Crippen LogP contribution in [0.2, 0.25) is 0 Å². The van der Waals surface area contributed by atoms with E-state index in [0.717, 1.165) is 44.9 Å². The van der Waals surface area contributed by atoms with Crippen molar-refractivity contribution in [2.75, 3.05) is 13.2 Å². The molecule has 0 aromatic rings. The van der Waals surface area contributed by atoms with E-state index >= 15 is 0 Å². The molecule has 0 aromatic heterocycles. The zero-order valence-corrected chi connectivity index (χ0v) is 45.1. The van der Waals surface area contributed by atoms with Crippen LogP contribution < -0.4 is 5.32 Å². The molecule has 0 rings (SSSR count). The second-order valence-corrected chi connectivity index (χ2v) is 20.7. The fourth-order valence-corrected chi connectivity index (χ4v) is 9.34. The fraction of sp³-hybridized carbons (Fsp3) is 0.902. The predicted molar refractivity (Wildman–Crippen MR) is 292 cm³/mol. The Hall–Kier alpha value is -1.66. The van der Waals surface area contributed by atoms with Gasteiger partial charge in [-0.3, -0.25) is 9.59 Å². The molecule has 6 nitrogen and oxygen atoms in total. The first-order valence-corrected chi connectivity index (χ1v) is 30.1. The number of aliphatic hydroxyl groups excluding tert-OH is 2. The molecule has 0 spiro atoms. The van der Waals surface area contributed by atoms with Gasteiger partial charge >= 0.3 is 5.97 Å². The number of allylic oxidation sites excluding steroid dienone is 3. The molecule has 0 heterocycles. The summed E-state index contributed by atoms with van der Waals surface area (Å²) in [5, 5.41) is 23.0. The molecule has 2 atom stereocenters. The molecule has 0 bridgehead atoms. The Labute approximate surface area is 418 Å². The van der Waals surface area contributed by atoms with Crippen LogP contribution >= 0.6 is 0 Å². The first-order chi connectivity index (χ1) is 33.0. The van der Waals surface area contributed by atoms with Crippen LogP contribution in [-0.4, -0.2) is 47.4 Å². The summed E-state index contributed by atoms with van der Waals surface area (Å²) >= 11 is 0. The maximum atomic E-state index is 12.4. The van der Waals surface area contributed by atoms with Gasteiger partial charge in [-0.05, 0) is 57.8 Å². The number of aliphatic hydroxyl groups is 2. The number of esters is 1. The average Bonchev–Trinajstić information content (AvgIpc) is 3.33. The first kappa shape index (κ1) is 65.3. The van der Waals surface area contributed by atoms with Gasteiger partial charge < -0.3 is 20.3 Å². The Bertz CT molecular complexity index is 1040. The normalized spacial score (nSPS) is 12.7. The Morgan fingerprint density at radius 2 is 0.701 bits per heavy atom. The molecule has 0 aromatic carbocycles. The maximum absolute atomic E-state index is 12.4. The SMILES string of the molecule is CCCCCCCC/C=C\CCCCCCCCCC(=O)OCCCCCCCCCCCCCCCCCCCCCCCC(=O)NC(CO)C(O)/C=C/CCCCCCCCCCCC. The zero-order chi connectivity index (χ0) is 48.6. The molecule has 0 saturated heterocycles. The zero-order valence-electron chi connectivity index (χ0n) is 45.1. The second-order valence-electron chi connectivity index (χ2n) is 20.7. The Morgan fingerprint density at radius 3 is 1.06 bits per heavy atom. The third-order valence-corrected chi connectivity index (χ3v) is 14.0. The molecule has 0 aliphatic carbocycles. The van der Waals surface area contributed by atoms with Gasteiger partial charge in [0.25, 0.3) is 0 Å². The van der Waals surface area contributed by atoms with E-state index in [1.54, 1.807) is 6.08 Å². The van der Waals surface area contributed by atoms with Crippen LogP contribution in [0.25, 0.3) is 0 Å². The molecule has 396 valence electrons. The highest BCUT2D eigenvalue weighted by Crippen LogP contribution is 2.17. The van der Waals surface area contributed by atoms with E-state index in [4.69, 9.17) is 4.74 Å². The highest BCUT2D eigenvalue weighted by molar-refractivity contribution is 5.76. The molecule has 0 radical (unpaired) electrons. The minimum atomic E-state index is -0.844. The van der Waals surface area contributed by atoms with E-state index in [1.807, 2.05) is 6.08 Å². The summed E-state index contributed by atoms with van der Waals surface area (Å²) in [5.41, 5.74) is 0. The quantitative estimate of drug-likeness (QED) is 0.0321. The molecule has 1 amide bonds. The van der Waals surface area contributed by atoms with Gasteiger partial charge in [0.1, 0.15) is 0 Å². The van der Waals surface area contributed by atoms with E-state index in [0.29, 0.717) is 19.4 Å². The lowest BCUT2D eigenvalue weighted by Crippen LogP contribution is -2.45. The number of ether oxygens (including phenoxy) is 1. The van der Waals surface area contributed by atoms with Gasteiger partial charge in [-0.1, -0.05) is 282 Å². The van der Waals surface area contributed by atoms with Crippen LogP contribution in [-0.2, 0) is 14.3 Å². The minimum absolute atomic E-state index is 0.00820. The number of unbranched alkanes of at least 4 members (excludes halogenated alkanes) is 43. The number of nitrogens with one attached hydrogen (secondary N) is 1. The maximum Gasteiger partial charge on any atom is 0.305 e. The lowest BCUT2D eigenvalue weighted by molar-refractivity contribution is -0.143. The molecule has 2 unspecified atom stereocenters. The van der Waals surface area contributed by atoms with Gasteiger partial charge in [0.2, 0.25) is 5.91 Å². The Morgan fingerprint density at radius 1 is 0.403 bits per heavy atom. The van der Waals surface area contributed by atoms with Crippen molar-refractivity contribution in [2.24, 2.45) is 0 Å². The van der Waals surface area contributed by atoms with Crippen molar-refractivity contribution in [3.05, 3.63) is 24.3 Å². The van der Waals surface area contributed by atoms with Crippen molar-refractivity contribution in [1.29, 1.82) is 0 Å². The number of hydrogen-bond acceptors (Lipinski definition) is 5. The minimum Gasteiger partial charge on any atom is -0.466 e. The lowest BCUT2D eigenvalue weighted by Gasteiger charge is -2.20. The molecule has 0 aliphatic rings. The van der Waals surface area contributed by atoms with Crippen molar-refractivity contribution in [3.8, 4) is 0 Å². The highest BCUT2D eigenvalue weighted by atomic mass is 16.5. The van der Waals surface area contributed by atoms with Gasteiger partial charge in [0, 0.05) is 12.8 Å². The predicted octanol–water partition coefficient (Wildman–Crippen LogP) is 18.6. The van der Waals surface area contributed by atoms with Crippen molar-refractivity contribution in [1.82, 2.24) is 5.32 Å².